The molecule has 0 radical (unpaired) electrons. The molecule has 1 aromatic rings. The van der Waals surface area contributed by atoms with E-state index in [9.17, 15) is 9.59 Å². The number of fused-ring (bicyclic) bond motifs is 1. The van der Waals surface area contributed by atoms with E-state index in [1.807, 2.05) is 32.0 Å². The highest BCUT2D eigenvalue weighted by Crippen LogP contribution is 2.40. The molecule has 2 atom stereocenters. The first-order valence-electron chi connectivity index (χ1n) is 6.78. The van der Waals surface area contributed by atoms with Crippen molar-refractivity contribution in [3.05, 3.63) is 39.9 Å². The summed E-state index contributed by atoms with van der Waals surface area (Å²) in [6, 6.07) is 5.60. The molecule has 0 bridgehead atoms. The largest absolute Gasteiger partial charge is 0.274 e. The molecule has 0 saturated carbocycles. The fraction of sp³-hybridized carbons (Fsp3) is 0.375. The summed E-state index contributed by atoms with van der Waals surface area (Å²) < 4.78 is 0.982. The van der Waals surface area contributed by atoms with E-state index in [1.165, 1.54) is 10.5 Å². The molecule has 1 aromatic carbocycles. The number of rotatable bonds is 1. The van der Waals surface area contributed by atoms with Gasteiger partial charge in [0.1, 0.15) is 0 Å². The quantitative estimate of drug-likeness (QED) is 0.581. The van der Waals surface area contributed by atoms with E-state index in [4.69, 9.17) is 0 Å². The van der Waals surface area contributed by atoms with Crippen molar-refractivity contribution in [2.45, 2.75) is 26.7 Å². The summed E-state index contributed by atoms with van der Waals surface area (Å²) >= 11 is 3.44. The zero-order valence-electron chi connectivity index (χ0n) is 11.5. The van der Waals surface area contributed by atoms with Gasteiger partial charge >= 0.3 is 0 Å². The van der Waals surface area contributed by atoms with Crippen LogP contribution in [0.5, 0.6) is 0 Å². The van der Waals surface area contributed by atoms with Crippen LogP contribution in [0.4, 0.5) is 5.69 Å². The van der Waals surface area contributed by atoms with Crippen molar-refractivity contribution >= 4 is 33.4 Å². The van der Waals surface area contributed by atoms with E-state index in [0.717, 1.165) is 10.0 Å². The van der Waals surface area contributed by atoms with Gasteiger partial charge in [-0.15, -0.1) is 0 Å². The Kier molecular flexibility index (Phi) is 3.28. The lowest BCUT2D eigenvalue weighted by Crippen LogP contribution is -2.30. The van der Waals surface area contributed by atoms with Crippen LogP contribution in [0.3, 0.4) is 0 Å². The fourth-order valence-electron chi connectivity index (χ4n) is 3.06. The summed E-state index contributed by atoms with van der Waals surface area (Å²) in [5.74, 6) is -0.439. The number of carbonyl (C=O) groups is 2. The van der Waals surface area contributed by atoms with Gasteiger partial charge in [-0.05, 0) is 50.5 Å². The minimum absolute atomic E-state index is 0.0471. The van der Waals surface area contributed by atoms with Crippen molar-refractivity contribution in [3.63, 3.8) is 0 Å². The summed E-state index contributed by atoms with van der Waals surface area (Å²) in [5, 5.41) is 0. The van der Waals surface area contributed by atoms with Gasteiger partial charge in [-0.25, -0.2) is 0 Å². The Morgan fingerprint density at radius 2 is 1.85 bits per heavy atom. The topological polar surface area (TPSA) is 37.4 Å². The van der Waals surface area contributed by atoms with Gasteiger partial charge in [-0.2, -0.15) is 0 Å². The molecule has 2 amide bonds. The molecule has 1 aliphatic carbocycles. The number of carbonyl (C=O) groups excluding carboxylic acids is 2. The first-order valence-corrected chi connectivity index (χ1v) is 7.58. The van der Waals surface area contributed by atoms with E-state index in [0.29, 0.717) is 18.5 Å². The van der Waals surface area contributed by atoms with Crippen molar-refractivity contribution in [2.24, 2.45) is 11.8 Å². The van der Waals surface area contributed by atoms with E-state index in [1.54, 1.807) is 0 Å². The van der Waals surface area contributed by atoms with E-state index >= 15 is 0 Å². The van der Waals surface area contributed by atoms with Gasteiger partial charge in [0.2, 0.25) is 11.8 Å². The second-order valence-corrected chi connectivity index (χ2v) is 6.50. The molecule has 0 unspecified atom stereocenters. The minimum Gasteiger partial charge on any atom is -0.274 e. The Hall–Kier alpha value is -1.42. The Labute approximate surface area is 126 Å². The van der Waals surface area contributed by atoms with Gasteiger partial charge in [0.15, 0.2) is 0 Å². The van der Waals surface area contributed by atoms with Crippen LogP contribution in [0.2, 0.25) is 0 Å². The lowest BCUT2D eigenvalue weighted by molar-refractivity contribution is -0.122. The second kappa shape index (κ2) is 4.85. The molecule has 104 valence electrons. The number of nitrogens with zero attached hydrogens (tertiary/aromatic N) is 1. The molecule has 3 rings (SSSR count). The minimum atomic E-state index is -0.171. The maximum absolute atomic E-state index is 12.6. The van der Waals surface area contributed by atoms with Crippen LogP contribution >= 0.6 is 15.9 Å². The standard InChI is InChI=1S/C16H16BrNO2/c1-9-3-5-12-13(7-9)16(20)18(15(12)19)11-4-6-14(17)10(2)8-11/h3-4,6,8,12-13H,5,7H2,1-2H3/t12-,13+/m0/s1. The van der Waals surface area contributed by atoms with Crippen LogP contribution < -0.4 is 4.90 Å². The molecule has 1 fully saturated rings. The molecule has 1 heterocycles. The Bertz CT molecular complexity index is 635. The van der Waals surface area contributed by atoms with E-state index in [-0.39, 0.29) is 23.7 Å². The van der Waals surface area contributed by atoms with E-state index < -0.39 is 0 Å². The first-order chi connectivity index (χ1) is 9.49. The molecule has 3 nitrogen and oxygen atoms in total. The number of imide groups is 1. The zero-order valence-corrected chi connectivity index (χ0v) is 13.1. The summed E-state index contributed by atoms with van der Waals surface area (Å²) in [4.78, 5) is 26.5. The van der Waals surface area contributed by atoms with Crippen molar-refractivity contribution in [3.8, 4) is 0 Å². The highest BCUT2D eigenvalue weighted by Gasteiger charge is 2.48. The molecule has 2 aliphatic rings. The van der Waals surface area contributed by atoms with Crippen LogP contribution in [-0.4, -0.2) is 11.8 Å². The third kappa shape index (κ3) is 2.03. The smallest absolute Gasteiger partial charge is 0.238 e. The predicted octanol–water partition coefficient (Wildman–Crippen LogP) is 3.60. The summed E-state index contributed by atoms with van der Waals surface area (Å²) in [5.41, 5.74) is 2.92. The number of benzene rings is 1. The SMILES string of the molecule is CC1=CC[C@@H]2C(=O)N(c3ccc(Br)c(C)c3)C(=O)[C@@H]2C1. The number of hydrogen-bond acceptors (Lipinski definition) is 2. The average molecular weight is 334 g/mol. The lowest BCUT2D eigenvalue weighted by Gasteiger charge is -2.18. The van der Waals surface area contributed by atoms with Gasteiger partial charge in [-0.1, -0.05) is 27.6 Å². The number of amides is 2. The van der Waals surface area contributed by atoms with Crippen LogP contribution in [0.15, 0.2) is 34.3 Å². The third-order valence-electron chi connectivity index (χ3n) is 4.22. The van der Waals surface area contributed by atoms with Crippen molar-refractivity contribution in [1.82, 2.24) is 0 Å². The lowest BCUT2D eigenvalue weighted by atomic mass is 9.82. The molecule has 1 saturated heterocycles. The van der Waals surface area contributed by atoms with Gasteiger partial charge < -0.3 is 0 Å². The van der Waals surface area contributed by atoms with Gasteiger partial charge in [-0.3, -0.25) is 14.5 Å². The third-order valence-corrected chi connectivity index (χ3v) is 5.11. The predicted molar refractivity (Wildman–Crippen MR) is 81.3 cm³/mol. The molecule has 4 heteroatoms. The maximum Gasteiger partial charge on any atom is 0.238 e. The van der Waals surface area contributed by atoms with Crippen molar-refractivity contribution in [1.29, 1.82) is 0 Å². The van der Waals surface area contributed by atoms with Gasteiger partial charge in [0.05, 0.1) is 17.5 Å². The summed E-state index contributed by atoms with van der Waals surface area (Å²) in [6.07, 6.45) is 3.48. The monoisotopic (exact) mass is 333 g/mol. The number of anilines is 1. The molecule has 1 aliphatic heterocycles. The maximum atomic E-state index is 12.6. The van der Waals surface area contributed by atoms with Crippen molar-refractivity contribution < 1.29 is 9.59 Å². The molecular weight excluding hydrogens is 318 g/mol. The Morgan fingerprint density at radius 3 is 2.55 bits per heavy atom. The zero-order chi connectivity index (χ0) is 14.4. The first kappa shape index (κ1) is 13.6. The molecule has 0 aromatic heterocycles. The van der Waals surface area contributed by atoms with Crippen LogP contribution in [0, 0.1) is 18.8 Å². The second-order valence-electron chi connectivity index (χ2n) is 5.65. The van der Waals surface area contributed by atoms with Gasteiger partial charge in [0.25, 0.3) is 0 Å². The van der Waals surface area contributed by atoms with Crippen molar-refractivity contribution in [2.75, 3.05) is 4.90 Å². The highest BCUT2D eigenvalue weighted by atomic mass is 79.9. The Balaban J connectivity index is 1.97. The summed E-state index contributed by atoms with van der Waals surface area (Å²) in [7, 11) is 0. The fourth-order valence-corrected chi connectivity index (χ4v) is 3.31. The van der Waals surface area contributed by atoms with E-state index in [2.05, 4.69) is 22.0 Å². The molecular formula is C16H16BrNO2. The average Bonchev–Trinajstić information content (AvgIpc) is 2.65. The normalized spacial score (nSPS) is 25.8. The van der Waals surface area contributed by atoms with Gasteiger partial charge in [0, 0.05) is 4.47 Å². The number of aryl methyl sites for hydroxylation is 1. The van der Waals surface area contributed by atoms with Crippen LogP contribution in [-0.2, 0) is 9.59 Å². The Morgan fingerprint density at radius 1 is 1.15 bits per heavy atom. The number of hydrogen-bond donors (Lipinski definition) is 0. The number of allylic oxidation sites excluding steroid dienone is 2. The van der Waals surface area contributed by atoms with Crippen LogP contribution in [0.25, 0.3) is 0 Å². The molecule has 0 spiro atoms. The highest BCUT2D eigenvalue weighted by molar-refractivity contribution is 9.10. The number of halogens is 1. The summed E-state index contributed by atoms with van der Waals surface area (Å²) in [6.45, 7) is 3.98. The molecule has 0 N–H and O–H groups in total. The van der Waals surface area contributed by atoms with Crippen LogP contribution in [0.1, 0.15) is 25.3 Å². The molecule has 20 heavy (non-hydrogen) atoms.